The first-order valence-corrected chi connectivity index (χ1v) is 6.17. The predicted octanol–water partition coefficient (Wildman–Crippen LogP) is -0.255. The Labute approximate surface area is 114 Å². The van der Waals surface area contributed by atoms with Crippen molar-refractivity contribution < 1.29 is 24.2 Å². The van der Waals surface area contributed by atoms with Crippen molar-refractivity contribution in [2.24, 2.45) is 0 Å². The Kier molecular flexibility index (Phi) is 4.02. The molecule has 2 heterocycles. The fourth-order valence-corrected chi connectivity index (χ4v) is 2.24. The van der Waals surface area contributed by atoms with Gasteiger partial charge < -0.3 is 14.7 Å². The highest BCUT2D eigenvalue weighted by Crippen LogP contribution is 2.18. The Morgan fingerprint density at radius 1 is 1.50 bits per heavy atom. The molecule has 1 aromatic rings. The average molecular weight is 281 g/mol. The molecular weight excluding hydrogens is 266 g/mol. The Morgan fingerprint density at radius 3 is 2.85 bits per heavy atom. The lowest BCUT2D eigenvalue weighted by atomic mass is 10.2. The van der Waals surface area contributed by atoms with Gasteiger partial charge >= 0.3 is 11.9 Å². The molecule has 0 bridgehead atoms. The Bertz CT molecular complexity index is 539. The molecule has 1 saturated heterocycles. The molecule has 8 nitrogen and oxygen atoms in total. The van der Waals surface area contributed by atoms with E-state index in [1.807, 2.05) is 0 Å². The minimum Gasteiger partial charge on any atom is -0.476 e. The van der Waals surface area contributed by atoms with Crippen LogP contribution in [0.3, 0.4) is 0 Å². The first-order valence-electron chi connectivity index (χ1n) is 6.17. The highest BCUT2D eigenvalue weighted by atomic mass is 16.5. The van der Waals surface area contributed by atoms with E-state index in [0.29, 0.717) is 13.0 Å². The van der Waals surface area contributed by atoms with Crippen LogP contribution in [0.1, 0.15) is 23.3 Å². The van der Waals surface area contributed by atoms with E-state index in [1.165, 1.54) is 29.0 Å². The quantitative estimate of drug-likeness (QED) is 0.763. The predicted molar refractivity (Wildman–Crippen MR) is 65.9 cm³/mol. The number of ether oxygens (including phenoxy) is 1. The third kappa shape index (κ3) is 2.79. The number of hydrogen-bond donors (Lipinski definition) is 1. The maximum atomic E-state index is 12.1. The van der Waals surface area contributed by atoms with Gasteiger partial charge in [0.25, 0.3) is 0 Å². The maximum Gasteiger partial charge on any atom is 0.356 e. The number of hydrogen-bond acceptors (Lipinski definition) is 5. The summed E-state index contributed by atoms with van der Waals surface area (Å²) in [5, 5.41) is 12.5. The van der Waals surface area contributed by atoms with Crippen molar-refractivity contribution in [1.82, 2.24) is 14.7 Å². The van der Waals surface area contributed by atoms with E-state index in [1.54, 1.807) is 0 Å². The summed E-state index contributed by atoms with van der Waals surface area (Å²) in [6.07, 6.45) is 2.74. The third-order valence-electron chi connectivity index (χ3n) is 3.20. The van der Waals surface area contributed by atoms with Crippen molar-refractivity contribution in [1.29, 1.82) is 0 Å². The van der Waals surface area contributed by atoms with Crippen LogP contribution in [0.25, 0.3) is 0 Å². The number of carboxylic acid groups (broad SMARTS) is 1. The molecular formula is C12H15N3O5. The summed E-state index contributed by atoms with van der Waals surface area (Å²) in [7, 11) is 1.29. The summed E-state index contributed by atoms with van der Waals surface area (Å²) < 4.78 is 5.92. The zero-order valence-corrected chi connectivity index (χ0v) is 11.0. The second-order valence-electron chi connectivity index (χ2n) is 4.47. The number of nitrogens with zero attached hydrogens (tertiary/aromatic N) is 3. The van der Waals surface area contributed by atoms with Crippen LogP contribution in [0.2, 0.25) is 0 Å². The zero-order chi connectivity index (χ0) is 14.7. The third-order valence-corrected chi connectivity index (χ3v) is 3.20. The average Bonchev–Trinajstić information content (AvgIpc) is 3.06. The fraction of sp³-hybridized carbons (Fsp3) is 0.500. The number of rotatable bonds is 4. The van der Waals surface area contributed by atoms with E-state index in [2.05, 4.69) is 9.84 Å². The number of carboxylic acids is 1. The highest BCUT2D eigenvalue weighted by Gasteiger charge is 2.34. The first kappa shape index (κ1) is 14.0. The summed E-state index contributed by atoms with van der Waals surface area (Å²) in [6.45, 7) is 0.395. The SMILES string of the molecule is COC(=O)C1CCCN1C(=O)Cn1ccc(C(=O)O)n1. The van der Waals surface area contributed by atoms with Crippen molar-refractivity contribution in [3.63, 3.8) is 0 Å². The topological polar surface area (TPSA) is 102 Å². The van der Waals surface area contributed by atoms with E-state index in [0.717, 1.165) is 6.42 Å². The molecule has 0 aliphatic carbocycles. The largest absolute Gasteiger partial charge is 0.476 e. The molecule has 20 heavy (non-hydrogen) atoms. The van der Waals surface area contributed by atoms with E-state index in [-0.39, 0.29) is 18.1 Å². The molecule has 8 heteroatoms. The van der Waals surface area contributed by atoms with Crippen molar-refractivity contribution in [2.75, 3.05) is 13.7 Å². The van der Waals surface area contributed by atoms with E-state index in [9.17, 15) is 14.4 Å². The van der Waals surface area contributed by atoms with Gasteiger partial charge in [0, 0.05) is 12.7 Å². The molecule has 0 saturated carbocycles. The molecule has 0 aromatic carbocycles. The first-order chi connectivity index (χ1) is 9.52. The molecule has 1 aliphatic rings. The summed E-state index contributed by atoms with van der Waals surface area (Å²) in [5.41, 5.74) is -0.122. The van der Waals surface area contributed by atoms with Gasteiger partial charge in [-0.25, -0.2) is 9.59 Å². The normalized spacial score (nSPS) is 18.1. The van der Waals surface area contributed by atoms with Gasteiger partial charge in [0.1, 0.15) is 12.6 Å². The van der Waals surface area contributed by atoms with Crippen LogP contribution in [0.15, 0.2) is 12.3 Å². The number of carbonyl (C=O) groups is 3. The summed E-state index contributed by atoms with van der Waals surface area (Å²) in [6, 6.07) is 0.763. The molecule has 1 fully saturated rings. The monoisotopic (exact) mass is 281 g/mol. The maximum absolute atomic E-state index is 12.1. The van der Waals surface area contributed by atoms with Crippen molar-refractivity contribution in [3.05, 3.63) is 18.0 Å². The number of aromatic nitrogens is 2. The molecule has 2 rings (SSSR count). The van der Waals surface area contributed by atoms with Crippen molar-refractivity contribution in [3.8, 4) is 0 Å². The van der Waals surface area contributed by atoms with Gasteiger partial charge in [-0.1, -0.05) is 0 Å². The van der Waals surface area contributed by atoms with Crippen LogP contribution >= 0.6 is 0 Å². The molecule has 1 N–H and O–H groups in total. The van der Waals surface area contributed by atoms with Gasteiger partial charge in [0.2, 0.25) is 5.91 Å². The summed E-state index contributed by atoms with van der Waals surface area (Å²) >= 11 is 0. The number of likely N-dealkylation sites (tertiary alicyclic amines) is 1. The molecule has 1 aromatic heterocycles. The molecule has 0 radical (unpaired) electrons. The minimum absolute atomic E-state index is 0.0965. The van der Waals surface area contributed by atoms with Crippen LogP contribution in [-0.2, 0) is 20.9 Å². The molecule has 1 amide bonds. The van der Waals surface area contributed by atoms with Crippen molar-refractivity contribution in [2.45, 2.75) is 25.4 Å². The summed E-state index contributed by atoms with van der Waals surface area (Å²) in [4.78, 5) is 35.8. The Morgan fingerprint density at radius 2 is 2.25 bits per heavy atom. The molecule has 108 valence electrons. The smallest absolute Gasteiger partial charge is 0.356 e. The lowest BCUT2D eigenvalue weighted by Gasteiger charge is -2.22. The molecule has 0 spiro atoms. The number of esters is 1. The lowest BCUT2D eigenvalue weighted by Crippen LogP contribution is -2.42. The summed E-state index contributed by atoms with van der Waals surface area (Å²) in [5.74, 6) is -1.86. The number of methoxy groups -OCH3 is 1. The van der Waals surface area contributed by atoms with Crippen LogP contribution in [-0.4, -0.2) is 57.3 Å². The number of amides is 1. The van der Waals surface area contributed by atoms with Crippen LogP contribution in [0, 0.1) is 0 Å². The number of aromatic carboxylic acids is 1. The Balaban J connectivity index is 2.03. The number of carbonyl (C=O) groups excluding carboxylic acids is 2. The lowest BCUT2D eigenvalue weighted by molar-refractivity contribution is -0.151. The molecule has 1 aliphatic heterocycles. The van der Waals surface area contributed by atoms with Crippen LogP contribution in [0.5, 0.6) is 0 Å². The van der Waals surface area contributed by atoms with Gasteiger partial charge in [0.05, 0.1) is 7.11 Å². The molecule has 1 atom stereocenters. The minimum atomic E-state index is -1.15. The van der Waals surface area contributed by atoms with E-state index in [4.69, 9.17) is 5.11 Å². The second kappa shape index (κ2) is 5.72. The Hall–Kier alpha value is -2.38. The van der Waals surface area contributed by atoms with Crippen molar-refractivity contribution >= 4 is 17.8 Å². The fourth-order valence-electron chi connectivity index (χ4n) is 2.24. The van der Waals surface area contributed by atoms with Gasteiger partial charge in [-0.3, -0.25) is 9.48 Å². The van der Waals surface area contributed by atoms with E-state index >= 15 is 0 Å². The van der Waals surface area contributed by atoms with Gasteiger partial charge in [-0.2, -0.15) is 5.10 Å². The van der Waals surface area contributed by atoms with Gasteiger partial charge in [0.15, 0.2) is 5.69 Å². The standard InChI is InChI=1S/C12H15N3O5/c1-20-12(19)9-3-2-5-15(9)10(16)7-14-6-4-8(13-14)11(17)18/h4,6,9H,2-3,5,7H2,1H3,(H,17,18). The van der Waals surface area contributed by atoms with Gasteiger partial charge in [-0.15, -0.1) is 0 Å². The van der Waals surface area contributed by atoms with E-state index < -0.39 is 18.0 Å². The molecule has 1 unspecified atom stereocenters. The zero-order valence-electron chi connectivity index (χ0n) is 11.0. The second-order valence-corrected chi connectivity index (χ2v) is 4.47. The van der Waals surface area contributed by atoms with Gasteiger partial charge in [-0.05, 0) is 18.9 Å². The van der Waals surface area contributed by atoms with Crippen LogP contribution in [0.4, 0.5) is 0 Å². The van der Waals surface area contributed by atoms with Crippen LogP contribution < -0.4 is 0 Å². The highest BCUT2D eigenvalue weighted by molar-refractivity contribution is 5.86.